The monoisotopic (exact) mass is 392 g/mol. The average molecular weight is 394 g/mol. The smallest absolute Gasteiger partial charge is 0.263 e. The van der Waals surface area contributed by atoms with Crippen molar-refractivity contribution >= 4 is 43.2 Å². The summed E-state index contributed by atoms with van der Waals surface area (Å²) in [6.07, 6.45) is 0. The molecule has 0 bridgehead atoms. The zero-order valence-corrected chi connectivity index (χ0v) is 13.8. The highest BCUT2D eigenvalue weighted by atomic mass is 79.9. The van der Waals surface area contributed by atoms with Gasteiger partial charge in [-0.2, -0.15) is 0 Å². The van der Waals surface area contributed by atoms with E-state index in [9.17, 15) is 12.8 Å². The molecule has 0 spiro atoms. The summed E-state index contributed by atoms with van der Waals surface area (Å²) >= 11 is 8.82. The Labute approximate surface area is 135 Å². The molecular formula is C13H11BrClFN2O2S. The van der Waals surface area contributed by atoms with Gasteiger partial charge in [-0.25, -0.2) is 12.8 Å². The number of rotatable bonds is 4. The lowest BCUT2D eigenvalue weighted by Crippen LogP contribution is -2.14. The molecule has 2 aromatic carbocycles. The number of benzene rings is 2. The first-order chi connectivity index (χ1) is 9.83. The lowest BCUT2D eigenvalue weighted by Gasteiger charge is -2.11. The van der Waals surface area contributed by atoms with E-state index in [0.29, 0.717) is 10.0 Å². The van der Waals surface area contributed by atoms with E-state index in [-0.39, 0.29) is 22.2 Å². The van der Waals surface area contributed by atoms with Crippen molar-refractivity contribution in [2.45, 2.75) is 11.4 Å². The quantitative estimate of drug-likeness (QED) is 0.835. The van der Waals surface area contributed by atoms with E-state index in [0.717, 1.165) is 6.07 Å². The van der Waals surface area contributed by atoms with E-state index in [4.69, 9.17) is 17.3 Å². The Kier molecular flexibility index (Phi) is 4.88. The predicted octanol–water partition coefficient (Wildman–Crippen LogP) is 3.50. The lowest BCUT2D eigenvalue weighted by molar-refractivity contribution is 0.600. The summed E-state index contributed by atoms with van der Waals surface area (Å²) in [4.78, 5) is 0.0471. The first-order valence-electron chi connectivity index (χ1n) is 5.80. The third-order valence-corrected chi connectivity index (χ3v) is 5.36. The molecule has 0 amide bonds. The number of anilines is 1. The summed E-state index contributed by atoms with van der Waals surface area (Å²) in [5, 5.41) is -0.162. The predicted molar refractivity (Wildman–Crippen MR) is 84.3 cm³/mol. The Morgan fingerprint density at radius 1 is 1.24 bits per heavy atom. The minimum Gasteiger partial charge on any atom is -0.326 e. The van der Waals surface area contributed by atoms with Gasteiger partial charge in [-0.1, -0.05) is 17.7 Å². The second-order valence-electron chi connectivity index (χ2n) is 4.20. The van der Waals surface area contributed by atoms with Gasteiger partial charge in [0.25, 0.3) is 10.0 Å². The van der Waals surface area contributed by atoms with Crippen molar-refractivity contribution in [2.24, 2.45) is 5.73 Å². The number of sulfonamides is 1. The van der Waals surface area contributed by atoms with Crippen LogP contribution in [-0.2, 0) is 16.6 Å². The molecule has 0 aromatic heterocycles. The van der Waals surface area contributed by atoms with Gasteiger partial charge in [0.2, 0.25) is 0 Å². The minimum absolute atomic E-state index is 0.0471. The molecule has 4 nitrogen and oxygen atoms in total. The SMILES string of the molecule is NCc1ccc(Br)c(S(=O)(=O)Nc2ccc(F)c(Cl)c2)c1. The van der Waals surface area contributed by atoms with Crippen molar-refractivity contribution in [1.82, 2.24) is 0 Å². The number of halogens is 3. The summed E-state index contributed by atoms with van der Waals surface area (Å²) in [5.74, 6) is -0.620. The van der Waals surface area contributed by atoms with Crippen LogP contribution in [0.5, 0.6) is 0 Å². The van der Waals surface area contributed by atoms with E-state index in [2.05, 4.69) is 20.7 Å². The fourth-order valence-corrected chi connectivity index (χ4v) is 3.90. The Balaban J connectivity index is 2.40. The van der Waals surface area contributed by atoms with E-state index in [1.807, 2.05) is 0 Å². The summed E-state index contributed by atoms with van der Waals surface area (Å²) in [6.45, 7) is 0.220. The minimum atomic E-state index is -3.84. The largest absolute Gasteiger partial charge is 0.326 e. The number of nitrogens with one attached hydrogen (secondary N) is 1. The van der Waals surface area contributed by atoms with Gasteiger partial charge in [-0.3, -0.25) is 4.72 Å². The lowest BCUT2D eigenvalue weighted by atomic mass is 10.2. The van der Waals surface area contributed by atoms with Crippen LogP contribution in [0.25, 0.3) is 0 Å². The Morgan fingerprint density at radius 2 is 1.95 bits per heavy atom. The van der Waals surface area contributed by atoms with E-state index < -0.39 is 15.8 Å². The molecule has 0 heterocycles. The van der Waals surface area contributed by atoms with E-state index >= 15 is 0 Å². The summed E-state index contributed by atoms with van der Waals surface area (Å²) < 4.78 is 40.6. The Hall–Kier alpha value is -1.15. The molecule has 0 saturated heterocycles. The van der Waals surface area contributed by atoms with Crippen molar-refractivity contribution in [3.05, 3.63) is 57.3 Å². The summed E-state index contributed by atoms with van der Waals surface area (Å²) in [6, 6.07) is 8.38. The number of hydrogen-bond donors (Lipinski definition) is 2. The Morgan fingerprint density at radius 3 is 2.57 bits per heavy atom. The fourth-order valence-electron chi connectivity index (χ4n) is 1.65. The van der Waals surface area contributed by atoms with Crippen LogP contribution in [0.4, 0.5) is 10.1 Å². The van der Waals surface area contributed by atoms with Gasteiger partial charge in [0, 0.05) is 11.0 Å². The molecule has 112 valence electrons. The molecule has 0 aliphatic carbocycles. The van der Waals surface area contributed by atoms with Crippen LogP contribution in [0.3, 0.4) is 0 Å². The van der Waals surface area contributed by atoms with Crippen LogP contribution < -0.4 is 10.5 Å². The highest BCUT2D eigenvalue weighted by Gasteiger charge is 2.18. The van der Waals surface area contributed by atoms with Crippen LogP contribution in [-0.4, -0.2) is 8.42 Å². The van der Waals surface area contributed by atoms with Crippen LogP contribution in [0.15, 0.2) is 45.8 Å². The third-order valence-electron chi connectivity index (χ3n) is 2.69. The first kappa shape index (κ1) is 16.2. The molecule has 0 unspecified atom stereocenters. The molecule has 2 rings (SSSR count). The first-order valence-corrected chi connectivity index (χ1v) is 8.45. The molecule has 0 atom stereocenters. The van der Waals surface area contributed by atoms with Gasteiger partial charge in [-0.05, 0) is 51.8 Å². The van der Waals surface area contributed by atoms with Gasteiger partial charge in [0.1, 0.15) is 10.7 Å². The van der Waals surface area contributed by atoms with Crippen LogP contribution in [0.2, 0.25) is 5.02 Å². The van der Waals surface area contributed by atoms with Gasteiger partial charge >= 0.3 is 0 Å². The molecule has 0 aliphatic rings. The molecule has 2 aromatic rings. The second-order valence-corrected chi connectivity index (χ2v) is 7.12. The molecule has 3 N–H and O–H groups in total. The highest BCUT2D eigenvalue weighted by Crippen LogP contribution is 2.27. The molecule has 0 aliphatic heterocycles. The van der Waals surface area contributed by atoms with Crippen LogP contribution in [0, 0.1) is 5.82 Å². The summed E-state index contributed by atoms with van der Waals surface area (Å²) in [5.41, 5.74) is 6.36. The normalized spacial score (nSPS) is 11.4. The maximum atomic E-state index is 13.1. The molecule has 0 radical (unpaired) electrons. The fraction of sp³-hybridized carbons (Fsp3) is 0.0769. The maximum absolute atomic E-state index is 13.1. The van der Waals surface area contributed by atoms with Gasteiger partial charge in [-0.15, -0.1) is 0 Å². The number of hydrogen-bond acceptors (Lipinski definition) is 3. The van der Waals surface area contributed by atoms with Gasteiger partial charge < -0.3 is 5.73 Å². The van der Waals surface area contributed by atoms with Crippen molar-refractivity contribution < 1.29 is 12.8 Å². The maximum Gasteiger partial charge on any atom is 0.263 e. The molecule has 21 heavy (non-hydrogen) atoms. The van der Waals surface area contributed by atoms with Gasteiger partial charge in [0.05, 0.1) is 10.7 Å². The summed E-state index contributed by atoms with van der Waals surface area (Å²) in [7, 11) is -3.84. The van der Waals surface area contributed by atoms with Crippen molar-refractivity contribution in [2.75, 3.05) is 4.72 Å². The second kappa shape index (κ2) is 6.31. The highest BCUT2D eigenvalue weighted by molar-refractivity contribution is 9.10. The molecule has 0 fully saturated rings. The standard InChI is InChI=1S/C13H11BrClFN2O2S/c14-10-3-1-8(7-17)5-13(10)21(19,20)18-9-2-4-12(16)11(15)6-9/h1-6,18H,7,17H2. The number of nitrogens with two attached hydrogens (primary N) is 1. The zero-order chi connectivity index (χ0) is 15.6. The molecular weight excluding hydrogens is 383 g/mol. The van der Waals surface area contributed by atoms with E-state index in [1.54, 1.807) is 12.1 Å². The Bertz CT molecular complexity index is 784. The van der Waals surface area contributed by atoms with Crippen molar-refractivity contribution in [3.8, 4) is 0 Å². The average Bonchev–Trinajstić information content (AvgIpc) is 2.43. The zero-order valence-electron chi connectivity index (χ0n) is 10.6. The topological polar surface area (TPSA) is 72.2 Å². The molecule has 8 heteroatoms. The van der Waals surface area contributed by atoms with Crippen molar-refractivity contribution in [1.29, 1.82) is 0 Å². The van der Waals surface area contributed by atoms with Crippen LogP contribution in [0.1, 0.15) is 5.56 Å². The van der Waals surface area contributed by atoms with E-state index in [1.165, 1.54) is 18.2 Å². The molecule has 0 saturated carbocycles. The van der Waals surface area contributed by atoms with Crippen LogP contribution >= 0.6 is 27.5 Å². The van der Waals surface area contributed by atoms with Gasteiger partial charge in [0.15, 0.2) is 0 Å². The van der Waals surface area contributed by atoms with Crippen molar-refractivity contribution in [3.63, 3.8) is 0 Å². The third kappa shape index (κ3) is 3.74.